The molecule has 2 aromatic rings. The third-order valence-electron chi connectivity index (χ3n) is 2.28. The normalized spacial score (nSPS) is 10.6. The molecule has 0 aromatic carbocycles. The first-order valence-corrected chi connectivity index (χ1v) is 5.22. The second-order valence-electron chi connectivity index (χ2n) is 3.53. The Kier molecular flexibility index (Phi) is 3.24. The zero-order valence-electron chi connectivity index (χ0n) is 9.17. The van der Waals surface area contributed by atoms with Crippen molar-refractivity contribution < 1.29 is 14.6 Å². The summed E-state index contributed by atoms with van der Waals surface area (Å²) in [7, 11) is 0. The van der Waals surface area contributed by atoms with E-state index in [0.29, 0.717) is 17.9 Å². The lowest BCUT2D eigenvalue weighted by atomic mass is 10.4. The molecule has 0 radical (unpaired) electrons. The quantitative estimate of drug-likeness (QED) is 0.794. The number of nitrogens with zero attached hydrogens (tertiary/aromatic N) is 2. The van der Waals surface area contributed by atoms with Crippen LogP contribution in [0.25, 0.3) is 5.65 Å². The first-order chi connectivity index (χ1) is 8.20. The Labute approximate surface area is 97.6 Å². The SMILES string of the molecule is NCc1cn2cccc(OCCC(=O)O)c2n1. The molecule has 6 nitrogen and oxygen atoms in total. The van der Waals surface area contributed by atoms with Crippen molar-refractivity contribution in [1.29, 1.82) is 0 Å². The third kappa shape index (κ3) is 2.54. The number of imidazole rings is 1. The number of carbonyl (C=O) groups is 1. The summed E-state index contributed by atoms with van der Waals surface area (Å²) in [5.41, 5.74) is 6.92. The summed E-state index contributed by atoms with van der Waals surface area (Å²) in [6, 6.07) is 3.57. The summed E-state index contributed by atoms with van der Waals surface area (Å²) in [5.74, 6) is -0.323. The summed E-state index contributed by atoms with van der Waals surface area (Å²) in [6.45, 7) is 0.482. The molecule has 0 aliphatic heterocycles. The Bertz CT molecular complexity index is 536. The van der Waals surface area contributed by atoms with E-state index in [1.165, 1.54) is 0 Å². The van der Waals surface area contributed by atoms with Crippen LogP contribution in [0.3, 0.4) is 0 Å². The molecule has 0 aliphatic carbocycles. The maximum Gasteiger partial charge on any atom is 0.306 e. The van der Waals surface area contributed by atoms with Crippen molar-refractivity contribution in [3.05, 3.63) is 30.2 Å². The lowest BCUT2D eigenvalue weighted by Gasteiger charge is -2.05. The zero-order chi connectivity index (χ0) is 12.3. The molecule has 0 saturated carbocycles. The van der Waals surface area contributed by atoms with Gasteiger partial charge in [0.2, 0.25) is 0 Å². The molecule has 17 heavy (non-hydrogen) atoms. The van der Waals surface area contributed by atoms with Gasteiger partial charge in [0, 0.05) is 18.9 Å². The van der Waals surface area contributed by atoms with Crippen molar-refractivity contribution >= 4 is 11.6 Å². The Hall–Kier alpha value is -2.08. The van der Waals surface area contributed by atoms with Crippen LogP contribution in [-0.2, 0) is 11.3 Å². The minimum atomic E-state index is -0.886. The monoisotopic (exact) mass is 235 g/mol. The van der Waals surface area contributed by atoms with Crippen molar-refractivity contribution in [1.82, 2.24) is 9.38 Å². The molecule has 2 aromatic heterocycles. The van der Waals surface area contributed by atoms with Gasteiger partial charge in [-0.25, -0.2) is 4.98 Å². The molecule has 0 bridgehead atoms. The van der Waals surface area contributed by atoms with Crippen LogP contribution < -0.4 is 10.5 Å². The van der Waals surface area contributed by atoms with Crippen LogP contribution in [0.15, 0.2) is 24.5 Å². The van der Waals surface area contributed by atoms with Gasteiger partial charge in [-0.3, -0.25) is 4.79 Å². The van der Waals surface area contributed by atoms with E-state index < -0.39 is 5.97 Å². The van der Waals surface area contributed by atoms with Gasteiger partial charge in [-0.05, 0) is 12.1 Å². The van der Waals surface area contributed by atoms with E-state index in [4.69, 9.17) is 15.6 Å². The molecule has 0 amide bonds. The van der Waals surface area contributed by atoms with E-state index in [2.05, 4.69) is 4.98 Å². The van der Waals surface area contributed by atoms with Gasteiger partial charge < -0.3 is 20.0 Å². The Morgan fingerprint density at radius 1 is 1.59 bits per heavy atom. The first-order valence-electron chi connectivity index (χ1n) is 5.22. The lowest BCUT2D eigenvalue weighted by Crippen LogP contribution is -2.05. The molecular weight excluding hydrogens is 222 g/mol. The fraction of sp³-hybridized carbons (Fsp3) is 0.273. The van der Waals surface area contributed by atoms with Crippen LogP contribution in [-0.4, -0.2) is 27.1 Å². The molecule has 0 unspecified atom stereocenters. The highest BCUT2D eigenvalue weighted by Gasteiger charge is 2.07. The number of aromatic nitrogens is 2. The van der Waals surface area contributed by atoms with Gasteiger partial charge in [-0.2, -0.15) is 0 Å². The van der Waals surface area contributed by atoms with Crippen molar-refractivity contribution in [2.75, 3.05) is 6.61 Å². The Morgan fingerprint density at radius 2 is 2.41 bits per heavy atom. The molecule has 0 fully saturated rings. The van der Waals surface area contributed by atoms with Crippen molar-refractivity contribution in [2.45, 2.75) is 13.0 Å². The number of carboxylic acids is 1. The highest BCUT2D eigenvalue weighted by molar-refractivity contribution is 5.66. The summed E-state index contributed by atoms with van der Waals surface area (Å²) in [5, 5.41) is 8.53. The highest BCUT2D eigenvalue weighted by atomic mass is 16.5. The van der Waals surface area contributed by atoms with E-state index in [0.717, 1.165) is 5.69 Å². The molecular formula is C11H13N3O3. The van der Waals surface area contributed by atoms with Gasteiger partial charge >= 0.3 is 5.97 Å². The number of hydrogen-bond donors (Lipinski definition) is 2. The molecule has 0 spiro atoms. The van der Waals surface area contributed by atoms with Crippen LogP contribution in [0.5, 0.6) is 5.75 Å². The summed E-state index contributed by atoms with van der Waals surface area (Å²) < 4.78 is 7.19. The number of aliphatic carboxylic acids is 1. The maximum absolute atomic E-state index is 10.4. The Balaban J connectivity index is 2.21. The lowest BCUT2D eigenvalue weighted by molar-refractivity contribution is -0.137. The predicted molar refractivity (Wildman–Crippen MR) is 60.8 cm³/mol. The van der Waals surface area contributed by atoms with Crippen molar-refractivity contribution in [2.24, 2.45) is 5.73 Å². The molecule has 0 saturated heterocycles. The average Bonchev–Trinajstić information content (AvgIpc) is 2.72. The summed E-state index contributed by atoms with van der Waals surface area (Å²) in [4.78, 5) is 14.7. The molecule has 2 rings (SSSR count). The number of ether oxygens (including phenoxy) is 1. The molecule has 3 N–H and O–H groups in total. The second-order valence-corrected chi connectivity index (χ2v) is 3.53. The molecule has 0 atom stereocenters. The second kappa shape index (κ2) is 4.84. The highest BCUT2D eigenvalue weighted by Crippen LogP contribution is 2.18. The van der Waals surface area contributed by atoms with E-state index in [1.54, 1.807) is 10.5 Å². The molecule has 6 heteroatoms. The van der Waals surface area contributed by atoms with Gasteiger partial charge in [0.15, 0.2) is 11.4 Å². The van der Waals surface area contributed by atoms with E-state index in [1.807, 2.05) is 18.5 Å². The number of hydrogen-bond acceptors (Lipinski definition) is 4. The first kappa shape index (κ1) is 11.4. The fourth-order valence-electron chi connectivity index (χ4n) is 1.50. The number of rotatable bonds is 5. The summed E-state index contributed by atoms with van der Waals surface area (Å²) in [6.07, 6.45) is 3.62. The van der Waals surface area contributed by atoms with Crippen LogP contribution in [0.2, 0.25) is 0 Å². The van der Waals surface area contributed by atoms with Crippen LogP contribution in [0.1, 0.15) is 12.1 Å². The van der Waals surface area contributed by atoms with Gasteiger partial charge in [0.1, 0.15) is 0 Å². The van der Waals surface area contributed by atoms with Gasteiger partial charge in [0.25, 0.3) is 0 Å². The van der Waals surface area contributed by atoms with Crippen LogP contribution in [0.4, 0.5) is 0 Å². The van der Waals surface area contributed by atoms with Gasteiger partial charge in [-0.1, -0.05) is 0 Å². The number of carboxylic acid groups (broad SMARTS) is 1. The van der Waals surface area contributed by atoms with E-state index >= 15 is 0 Å². The average molecular weight is 235 g/mol. The van der Waals surface area contributed by atoms with Crippen LogP contribution in [0, 0.1) is 0 Å². The van der Waals surface area contributed by atoms with E-state index in [-0.39, 0.29) is 13.0 Å². The zero-order valence-corrected chi connectivity index (χ0v) is 9.17. The standard InChI is InChI=1S/C11H13N3O3/c12-6-8-7-14-4-1-2-9(11(14)13-8)17-5-3-10(15)16/h1-2,4,7H,3,5-6,12H2,(H,15,16). The predicted octanol–water partition coefficient (Wildman–Crippen LogP) is 0.647. The van der Waals surface area contributed by atoms with Crippen molar-refractivity contribution in [3.8, 4) is 5.75 Å². The third-order valence-corrected chi connectivity index (χ3v) is 2.28. The van der Waals surface area contributed by atoms with Gasteiger partial charge in [0.05, 0.1) is 18.7 Å². The number of fused-ring (bicyclic) bond motifs is 1. The molecule has 90 valence electrons. The topological polar surface area (TPSA) is 89.8 Å². The van der Waals surface area contributed by atoms with E-state index in [9.17, 15) is 4.79 Å². The summed E-state index contributed by atoms with van der Waals surface area (Å²) >= 11 is 0. The van der Waals surface area contributed by atoms with Crippen molar-refractivity contribution in [3.63, 3.8) is 0 Å². The number of nitrogens with two attached hydrogens (primary N) is 1. The fourth-order valence-corrected chi connectivity index (χ4v) is 1.50. The Morgan fingerprint density at radius 3 is 3.12 bits per heavy atom. The maximum atomic E-state index is 10.4. The number of pyridine rings is 1. The molecule has 2 heterocycles. The minimum absolute atomic E-state index is 0.0362. The van der Waals surface area contributed by atoms with Crippen LogP contribution >= 0.6 is 0 Å². The molecule has 0 aliphatic rings. The van der Waals surface area contributed by atoms with Gasteiger partial charge in [-0.15, -0.1) is 0 Å². The largest absolute Gasteiger partial charge is 0.489 e. The minimum Gasteiger partial charge on any atom is -0.489 e. The smallest absolute Gasteiger partial charge is 0.306 e.